The Morgan fingerprint density at radius 2 is 2.17 bits per heavy atom. The predicted octanol–water partition coefficient (Wildman–Crippen LogP) is 3.42. The van der Waals surface area contributed by atoms with Crippen molar-refractivity contribution >= 4 is 17.5 Å². The van der Waals surface area contributed by atoms with Gasteiger partial charge in [-0.2, -0.15) is 0 Å². The van der Waals surface area contributed by atoms with E-state index in [2.05, 4.69) is 5.32 Å². The van der Waals surface area contributed by atoms with E-state index in [0.717, 1.165) is 12.5 Å². The number of rotatable bonds is 8. The molecule has 1 heterocycles. The molecule has 0 atom stereocenters. The maximum absolute atomic E-state index is 12.9. The van der Waals surface area contributed by atoms with Gasteiger partial charge >= 0.3 is 0 Å². The summed E-state index contributed by atoms with van der Waals surface area (Å²) >= 11 is 5.86. The number of carbonyl (C=O) groups excluding carboxylic acids is 1. The summed E-state index contributed by atoms with van der Waals surface area (Å²) in [6.07, 6.45) is 0.724. The third-order valence-electron chi connectivity index (χ3n) is 2.96. The first kappa shape index (κ1) is 17.3. The van der Waals surface area contributed by atoms with E-state index in [4.69, 9.17) is 25.5 Å². The zero-order valence-corrected chi connectivity index (χ0v) is 13.4. The van der Waals surface area contributed by atoms with Crippen molar-refractivity contribution in [3.05, 3.63) is 52.7 Å². The first-order valence-corrected chi connectivity index (χ1v) is 7.41. The van der Waals surface area contributed by atoms with E-state index in [1.807, 2.05) is 0 Å². The third-order valence-corrected chi connectivity index (χ3v) is 3.26. The van der Waals surface area contributed by atoms with Crippen LogP contribution in [0.25, 0.3) is 0 Å². The fourth-order valence-corrected chi connectivity index (χ4v) is 2.05. The Kier molecular flexibility index (Phi) is 6.43. The van der Waals surface area contributed by atoms with Crippen LogP contribution in [0.2, 0.25) is 5.02 Å². The quantitative estimate of drug-likeness (QED) is 0.747. The van der Waals surface area contributed by atoms with Crippen molar-refractivity contribution < 1.29 is 23.1 Å². The Hall–Kier alpha value is -2.05. The lowest BCUT2D eigenvalue weighted by molar-refractivity contribution is 0.0917. The van der Waals surface area contributed by atoms with Crippen molar-refractivity contribution in [2.75, 3.05) is 20.3 Å². The maximum atomic E-state index is 12.9. The fourth-order valence-electron chi connectivity index (χ4n) is 1.82. The van der Waals surface area contributed by atoms with E-state index in [0.29, 0.717) is 24.7 Å². The molecule has 1 aromatic carbocycles. The second-order valence-electron chi connectivity index (χ2n) is 4.73. The minimum Gasteiger partial charge on any atom is -0.484 e. The molecule has 1 N–H and O–H groups in total. The van der Waals surface area contributed by atoms with Gasteiger partial charge in [0.25, 0.3) is 5.91 Å². The third kappa shape index (κ3) is 5.26. The number of hydrogen-bond donors (Lipinski definition) is 1. The second kappa shape index (κ2) is 8.55. The number of methoxy groups -OCH3 is 1. The lowest BCUT2D eigenvalue weighted by Crippen LogP contribution is -2.24. The number of ether oxygens (including phenoxy) is 2. The molecule has 0 unspecified atom stereocenters. The van der Waals surface area contributed by atoms with Gasteiger partial charge in [0.05, 0.1) is 5.02 Å². The van der Waals surface area contributed by atoms with Crippen molar-refractivity contribution in [1.29, 1.82) is 0 Å². The molecule has 1 amide bonds. The van der Waals surface area contributed by atoms with E-state index < -0.39 is 5.82 Å². The molecule has 23 heavy (non-hydrogen) atoms. The van der Waals surface area contributed by atoms with Gasteiger partial charge in [-0.1, -0.05) is 11.6 Å². The number of carbonyl (C=O) groups is 1. The summed E-state index contributed by atoms with van der Waals surface area (Å²) in [5.74, 6) is 0.272. The topological polar surface area (TPSA) is 60.7 Å². The zero-order chi connectivity index (χ0) is 16.7. The first-order chi connectivity index (χ1) is 11.1. The van der Waals surface area contributed by atoms with Crippen molar-refractivity contribution in [1.82, 2.24) is 5.32 Å². The molecule has 2 aromatic rings. The highest BCUT2D eigenvalue weighted by molar-refractivity contribution is 6.32. The molecule has 0 saturated heterocycles. The van der Waals surface area contributed by atoms with Crippen LogP contribution in [-0.2, 0) is 11.3 Å². The van der Waals surface area contributed by atoms with Crippen LogP contribution in [0.5, 0.6) is 5.75 Å². The average molecular weight is 342 g/mol. The molecule has 0 fully saturated rings. The first-order valence-electron chi connectivity index (χ1n) is 7.04. The van der Waals surface area contributed by atoms with Crippen LogP contribution in [-0.4, -0.2) is 26.2 Å². The van der Waals surface area contributed by atoms with E-state index in [9.17, 15) is 9.18 Å². The SMILES string of the molecule is COCCCNC(=O)c1ccc(COc2ccc(F)cc2Cl)o1. The average Bonchev–Trinajstić information content (AvgIpc) is 2.99. The van der Waals surface area contributed by atoms with Gasteiger partial charge in [0.15, 0.2) is 5.76 Å². The van der Waals surface area contributed by atoms with Crippen molar-refractivity contribution in [2.45, 2.75) is 13.0 Å². The largest absolute Gasteiger partial charge is 0.484 e. The van der Waals surface area contributed by atoms with Gasteiger partial charge in [0.2, 0.25) is 0 Å². The molecule has 0 bridgehead atoms. The minimum absolute atomic E-state index is 0.0856. The van der Waals surface area contributed by atoms with Gasteiger partial charge in [-0.25, -0.2) is 4.39 Å². The summed E-state index contributed by atoms with van der Waals surface area (Å²) in [5, 5.41) is 2.89. The number of hydrogen-bond acceptors (Lipinski definition) is 4. The molecule has 0 aliphatic carbocycles. The van der Waals surface area contributed by atoms with Crippen LogP contribution in [0.3, 0.4) is 0 Å². The van der Waals surface area contributed by atoms with Gasteiger partial charge in [0.1, 0.15) is 23.9 Å². The molecule has 0 radical (unpaired) electrons. The number of halogens is 2. The smallest absolute Gasteiger partial charge is 0.286 e. The van der Waals surface area contributed by atoms with Crippen LogP contribution >= 0.6 is 11.6 Å². The molecule has 124 valence electrons. The highest BCUT2D eigenvalue weighted by atomic mass is 35.5. The molecular formula is C16H17ClFNO4. The predicted molar refractivity (Wildman–Crippen MR) is 83.3 cm³/mol. The summed E-state index contributed by atoms with van der Waals surface area (Å²) in [4.78, 5) is 11.8. The van der Waals surface area contributed by atoms with Crippen LogP contribution in [0.15, 0.2) is 34.7 Å². The number of furan rings is 1. The fraction of sp³-hybridized carbons (Fsp3) is 0.312. The van der Waals surface area contributed by atoms with E-state index >= 15 is 0 Å². The highest BCUT2D eigenvalue weighted by Crippen LogP contribution is 2.25. The molecular weight excluding hydrogens is 325 g/mol. The standard InChI is InChI=1S/C16H17ClFNO4/c1-21-8-2-7-19-16(20)15-6-4-12(23-15)10-22-14-5-3-11(18)9-13(14)17/h3-6,9H,2,7-8,10H2,1H3,(H,19,20). The normalized spacial score (nSPS) is 10.6. The number of nitrogens with one attached hydrogen (secondary N) is 1. The van der Waals surface area contributed by atoms with Gasteiger partial charge in [0, 0.05) is 20.3 Å². The summed E-state index contributed by atoms with van der Waals surface area (Å²) in [6, 6.07) is 7.06. The summed E-state index contributed by atoms with van der Waals surface area (Å²) in [7, 11) is 1.61. The van der Waals surface area contributed by atoms with Crippen molar-refractivity contribution in [3.8, 4) is 5.75 Å². The Labute approximate surface area is 138 Å². The summed E-state index contributed by atoms with van der Waals surface area (Å²) < 4.78 is 28.7. The Bertz CT molecular complexity index is 659. The van der Waals surface area contributed by atoms with Crippen LogP contribution < -0.4 is 10.1 Å². The van der Waals surface area contributed by atoms with Gasteiger partial charge < -0.3 is 19.2 Å². The molecule has 0 spiro atoms. The lowest BCUT2D eigenvalue weighted by atomic mass is 10.3. The van der Waals surface area contributed by atoms with Crippen LogP contribution in [0, 0.1) is 5.82 Å². The van der Waals surface area contributed by atoms with Gasteiger partial charge in [-0.05, 0) is 36.8 Å². The Morgan fingerprint density at radius 3 is 2.91 bits per heavy atom. The molecule has 1 aromatic heterocycles. The molecule has 0 aliphatic rings. The maximum Gasteiger partial charge on any atom is 0.286 e. The molecule has 7 heteroatoms. The number of amides is 1. The molecule has 0 aliphatic heterocycles. The Morgan fingerprint density at radius 1 is 1.35 bits per heavy atom. The lowest BCUT2D eigenvalue weighted by Gasteiger charge is -2.06. The summed E-state index contributed by atoms with van der Waals surface area (Å²) in [5.41, 5.74) is 0. The van der Waals surface area contributed by atoms with E-state index in [-0.39, 0.29) is 23.3 Å². The van der Waals surface area contributed by atoms with Gasteiger partial charge in [-0.15, -0.1) is 0 Å². The molecule has 5 nitrogen and oxygen atoms in total. The van der Waals surface area contributed by atoms with Crippen LogP contribution in [0.1, 0.15) is 22.7 Å². The highest BCUT2D eigenvalue weighted by Gasteiger charge is 2.11. The second-order valence-corrected chi connectivity index (χ2v) is 5.14. The Balaban J connectivity index is 1.85. The van der Waals surface area contributed by atoms with Gasteiger partial charge in [-0.3, -0.25) is 4.79 Å². The van der Waals surface area contributed by atoms with E-state index in [1.165, 1.54) is 12.1 Å². The minimum atomic E-state index is -0.437. The zero-order valence-electron chi connectivity index (χ0n) is 12.6. The van der Waals surface area contributed by atoms with Crippen molar-refractivity contribution in [2.24, 2.45) is 0 Å². The molecule has 0 saturated carbocycles. The number of benzene rings is 1. The van der Waals surface area contributed by atoms with Crippen molar-refractivity contribution in [3.63, 3.8) is 0 Å². The monoisotopic (exact) mass is 341 g/mol. The molecule has 2 rings (SSSR count). The summed E-state index contributed by atoms with van der Waals surface area (Å²) in [6.45, 7) is 1.17. The van der Waals surface area contributed by atoms with E-state index in [1.54, 1.807) is 19.2 Å². The van der Waals surface area contributed by atoms with Crippen LogP contribution in [0.4, 0.5) is 4.39 Å².